The SMILES string of the molecule is CCNC(=O)C1CCCN(c2nc3ncn(CC(=O)NC(C)c4ccc(OC)cc4)c(=O)c3s2)C1. The first-order valence-electron chi connectivity index (χ1n) is 11.7. The van der Waals surface area contributed by atoms with E-state index in [1.165, 1.54) is 22.2 Å². The maximum atomic E-state index is 13.1. The van der Waals surface area contributed by atoms with Gasteiger partial charge in [0.2, 0.25) is 11.8 Å². The Morgan fingerprint density at radius 1 is 1.29 bits per heavy atom. The van der Waals surface area contributed by atoms with Crippen LogP contribution in [0.5, 0.6) is 5.75 Å². The van der Waals surface area contributed by atoms with Crippen LogP contribution in [-0.4, -0.2) is 53.1 Å². The highest BCUT2D eigenvalue weighted by molar-refractivity contribution is 7.22. The van der Waals surface area contributed by atoms with Crippen LogP contribution >= 0.6 is 11.3 Å². The number of carbonyl (C=O) groups is 2. The number of nitrogens with zero attached hydrogens (tertiary/aromatic N) is 4. The molecule has 1 saturated heterocycles. The number of aromatic nitrogens is 3. The average Bonchev–Trinajstić information content (AvgIpc) is 3.31. The first-order chi connectivity index (χ1) is 16.9. The van der Waals surface area contributed by atoms with Crippen LogP contribution < -0.4 is 25.8 Å². The average molecular weight is 499 g/mol. The smallest absolute Gasteiger partial charge is 0.273 e. The van der Waals surface area contributed by atoms with E-state index in [1.54, 1.807) is 7.11 Å². The van der Waals surface area contributed by atoms with Crippen LogP contribution in [0.3, 0.4) is 0 Å². The second-order valence-electron chi connectivity index (χ2n) is 8.57. The van der Waals surface area contributed by atoms with Crippen molar-refractivity contribution in [2.75, 3.05) is 31.6 Å². The largest absolute Gasteiger partial charge is 0.497 e. The summed E-state index contributed by atoms with van der Waals surface area (Å²) in [5.41, 5.74) is 0.987. The number of rotatable bonds is 8. The number of fused-ring (bicyclic) bond motifs is 1. The van der Waals surface area contributed by atoms with Gasteiger partial charge in [0, 0.05) is 19.6 Å². The molecule has 0 aliphatic carbocycles. The van der Waals surface area contributed by atoms with Crippen molar-refractivity contribution in [3.8, 4) is 5.75 Å². The summed E-state index contributed by atoms with van der Waals surface area (Å²) in [4.78, 5) is 48.9. The van der Waals surface area contributed by atoms with E-state index in [0.29, 0.717) is 28.6 Å². The molecule has 2 aromatic heterocycles. The summed E-state index contributed by atoms with van der Waals surface area (Å²) in [5, 5.41) is 6.48. The third-order valence-electron chi connectivity index (χ3n) is 6.09. The monoisotopic (exact) mass is 498 g/mol. The predicted molar refractivity (Wildman–Crippen MR) is 135 cm³/mol. The number of carbonyl (C=O) groups excluding carboxylic acids is 2. The number of hydrogen-bond acceptors (Lipinski definition) is 8. The number of hydrogen-bond donors (Lipinski definition) is 2. The molecule has 1 aromatic carbocycles. The van der Waals surface area contributed by atoms with Crippen molar-refractivity contribution < 1.29 is 14.3 Å². The zero-order valence-corrected chi connectivity index (χ0v) is 20.9. The second-order valence-corrected chi connectivity index (χ2v) is 9.55. The quantitative estimate of drug-likeness (QED) is 0.488. The maximum Gasteiger partial charge on any atom is 0.273 e. The van der Waals surface area contributed by atoms with E-state index in [9.17, 15) is 14.4 Å². The van der Waals surface area contributed by atoms with Crippen LogP contribution in [0.4, 0.5) is 5.13 Å². The summed E-state index contributed by atoms with van der Waals surface area (Å²) in [7, 11) is 1.60. The molecule has 1 fully saturated rings. The van der Waals surface area contributed by atoms with Gasteiger partial charge in [-0.05, 0) is 44.4 Å². The number of amides is 2. The Morgan fingerprint density at radius 2 is 2.06 bits per heavy atom. The molecule has 3 heterocycles. The van der Waals surface area contributed by atoms with E-state index in [4.69, 9.17) is 4.74 Å². The fourth-order valence-electron chi connectivity index (χ4n) is 4.18. The molecule has 10 nitrogen and oxygen atoms in total. The fraction of sp³-hybridized carbons (Fsp3) is 0.458. The van der Waals surface area contributed by atoms with E-state index in [1.807, 2.05) is 43.0 Å². The lowest BCUT2D eigenvalue weighted by Crippen LogP contribution is -2.43. The fourth-order valence-corrected chi connectivity index (χ4v) is 5.19. The molecule has 2 atom stereocenters. The first kappa shape index (κ1) is 24.6. The Hall–Kier alpha value is -3.47. The zero-order chi connectivity index (χ0) is 24.9. The van der Waals surface area contributed by atoms with Gasteiger partial charge in [-0.25, -0.2) is 4.98 Å². The Balaban J connectivity index is 1.45. The Morgan fingerprint density at radius 3 is 2.77 bits per heavy atom. The molecule has 186 valence electrons. The van der Waals surface area contributed by atoms with Crippen molar-refractivity contribution in [3.05, 3.63) is 46.5 Å². The molecule has 11 heteroatoms. The molecular formula is C24H30N6O4S. The molecule has 2 N–H and O–H groups in total. The molecular weight excluding hydrogens is 468 g/mol. The molecule has 1 aliphatic heterocycles. The molecule has 0 radical (unpaired) electrons. The van der Waals surface area contributed by atoms with Crippen molar-refractivity contribution in [2.24, 2.45) is 5.92 Å². The Labute approximate surface area is 207 Å². The Bertz CT molecular complexity index is 1260. The van der Waals surface area contributed by atoms with Crippen LogP contribution in [0.2, 0.25) is 0 Å². The van der Waals surface area contributed by atoms with Gasteiger partial charge in [0.05, 0.1) is 19.1 Å². The van der Waals surface area contributed by atoms with Gasteiger partial charge in [0.25, 0.3) is 5.56 Å². The first-order valence-corrected chi connectivity index (χ1v) is 12.5. The standard InChI is InChI=1S/C24H30N6O4S/c1-4-25-22(32)17-6-5-11-29(12-17)24-28-21-20(35-24)23(33)30(14-26-21)13-19(31)27-15(2)16-7-9-18(34-3)10-8-16/h7-10,14-15,17H,4-6,11-13H2,1-3H3,(H,25,32)(H,27,31). The van der Waals surface area contributed by atoms with Crippen molar-refractivity contribution in [3.63, 3.8) is 0 Å². The number of nitrogens with one attached hydrogen (secondary N) is 2. The van der Waals surface area contributed by atoms with E-state index >= 15 is 0 Å². The number of ether oxygens (including phenoxy) is 1. The van der Waals surface area contributed by atoms with E-state index in [0.717, 1.165) is 30.7 Å². The third kappa shape index (κ3) is 5.61. The van der Waals surface area contributed by atoms with Gasteiger partial charge in [0.1, 0.15) is 23.3 Å². The van der Waals surface area contributed by atoms with Gasteiger partial charge in [0.15, 0.2) is 10.8 Å². The molecule has 1 aliphatic rings. The number of methoxy groups -OCH3 is 1. The number of piperidine rings is 1. The van der Waals surface area contributed by atoms with Crippen LogP contribution in [0.15, 0.2) is 35.4 Å². The number of thiazole rings is 1. The van der Waals surface area contributed by atoms with Crippen molar-refractivity contribution >= 4 is 38.6 Å². The topological polar surface area (TPSA) is 118 Å². The molecule has 2 amide bonds. The second kappa shape index (κ2) is 10.9. The summed E-state index contributed by atoms with van der Waals surface area (Å²) in [6.07, 6.45) is 3.07. The number of anilines is 1. The van der Waals surface area contributed by atoms with Crippen LogP contribution in [0, 0.1) is 5.92 Å². The summed E-state index contributed by atoms with van der Waals surface area (Å²) in [6, 6.07) is 7.22. The van der Waals surface area contributed by atoms with Crippen molar-refractivity contribution in [1.29, 1.82) is 0 Å². The molecule has 0 bridgehead atoms. The maximum absolute atomic E-state index is 13.1. The highest BCUT2D eigenvalue weighted by Crippen LogP contribution is 2.29. The minimum Gasteiger partial charge on any atom is -0.497 e. The lowest BCUT2D eigenvalue weighted by atomic mass is 9.97. The summed E-state index contributed by atoms with van der Waals surface area (Å²) >= 11 is 1.26. The van der Waals surface area contributed by atoms with E-state index in [2.05, 4.69) is 20.6 Å². The van der Waals surface area contributed by atoms with Gasteiger partial charge in [-0.3, -0.25) is 19.0 Å². The predicted octanol–water partition coefficient (Wildman–Crippen LogP) is 2.09. The van der Waals surface area contributed by atoms with Crippen LogP contribution in [-0.2, 0) is 16.1 Å². The summed E-state index contributed by atoms with van der Waals surface area (Å²) in [5.74, 6) is 0.402. The number of benzene rings is 1. The normalized spacial score (nSPS) is 16.7. The van der Waals surface area contributed by atoms with E-state index < -0.39 is 0 Å². The lowest BCUT2D eigenvalue weighted by Gasteiger charge is -2.31. The van der Waals surface area contributed by atoms with Crippen LogP contribution in [0.1, 0.15) is 38.3 Å². The molecule has 0 spiro atoms. The lowest BCUT2D eigenvalue weighted by molar-refractivity contribution is -0.125. The van der Waals surface area contributed by atoms with Crippen molar-refractivity contribution in [2.45, 2.75) is 39.3 Å². The highest BCUT2D eigenvalue weighted by atomic mass is 32.1. The molecule has 0 saturated carbocycles. The van der Waals surface area contributed by atoms with Crippen molar-refractivity contribution in [1.82, 2.24) is 25.2 Å². The molecule has 4 rings (SSSR count). The minimum absolute atomic E-state index is 0.0497. The van der Waals surface area contributed by atoms with E-state index in [-0.39, 0.29) is 35.9 Å². The van der Waals surface area contributed by atoms with Gasteiger partial charge < -0.3 is 20.3 Å². The van der Waals surface area contributed by atoms with Gasteiger partial charge in [-0.2, -0.15) is 4.98 Å². The summed E-state index contributed by atoms with van der Waals surface area (Å²) < 4.78 is 6.87. The van der Waals surface area contributed by atoms with Gasteiger partial charge >= 0.3 is 0 Å². The van der Waals surface area contributed by atoms with Gasteiger partial charge in [-0.1, -0.05) is 23.5 Å². The molecule has 2 unspecified atom stereocenters. The molecule has 3 aromatic rings. The Kier molecular flexibility index (Phi) is 7.64. The van der Waals surface area contributed by atoms with Crippen LogP contribution in [0.25, 0.3) is 10.3 Å². The van der Waals surface area contributed by atoms with Gasteiger partial charge in [-0.15, -0.1) is 0 Å². The summed E-state index contributed by atoms with van der Waals surface area (Å²) in [6.45, 7) is 5.58. The molecule has 35 heavy (non-hydrogen) atoms. The zero-order valence-electron chi connectivity index (χ0n) is 20.1. The third-order valence-corrected chi connectivity index (χ3v) is 7.19. The highest BCUT2D eigenvalue weighted by Gasteiger charge is 2.27. The minimum atomic E-state index is -0.303.